The number of nitrogens with zero attached hydrogens (tertiary/aromatic N) is 2. The molecule has 0 aliphatic heterocycles. The van der Waals surface area contributed by atoms with E-state index in [0.717, 1.165) is 24.6 Å². The first-order valence-electron chi connectivity index (χ1n) is 7.03. The number of aromatic nitrogens is 2. The van der Waals surface area contributed by atoms with Gasteiger partial charge in [-0.15, -0.1) is 0 Å². The number of aromatic hydroxyl groups is 2. The van der Waals surface area contributed by atoms with Gasteiger partial charge in [0.1, 0.15) is 0 Å². The molecule has 1 saturated carbocycles. The Morgan fingerprint density at radius 2 is 2.10 bits per heavy atom. The van der Waals surface area contributed by atoms with E-state index in [1.165, 1.54) is 25.0 Å². The fourth-order valence-electron chi connectivity index (χ4n) is 2.85. The van der Waals surface area contributed by atoms with Crippen molar-refractivity contribution in [3.8, 4) is 23.0 Å². The predicted octanol–water partition coefficient (Wildman–Crippen LogP) is 3.44. The van der Waals surface area contributed by atoms with E-state index in [2.05, 4.69) is 17.1 Å². The van der Waals surface area contributed by atoms with Crippen LogP contribution < -0.4 is 0 Å². The van der Waals surface area contributed by atoms with Crippen molar-refractivity contribution in [1.82, 2.24) is 10.1 Å². The number of benzene rings is 1. The Bertz CT molecular complexity index is 609. The third-order valence-corrected chi connectivity index (χ3v) is 4.15. The molecule has 2 N–H and O–H groups in total. The number of hydrogen-bond donors (Lipinski definition) is 2. The minimum absolute atomic E-state index is 0.157. The summed E-state index contributed by atoms with van der Waals surface area (Å²) in [4.78, 5) is 4.43. The maximum absolute atomic E-state index is 9.51. The monoisotopic (exact) mass is 274 g/mol. The van der Waals surface area contributed by atoms with Gasteiger partial charge in [-0.1, -0.05) is 18.5 Å². The lowest BCUT2D eigenvalue weighted by atomic mass is 10.0. The summed E-state index contributed by atoms with van der Waals surface area (Å²) in [5, 5.41) is 22.9. The van der Waals surface area contributed by atoms with Crippen molar-refractivity contribution in [1.29, 1.82) is 0 Å². The molecule has 2 aromatic rings. The number of rotatable bonds is 3. The quantitative estimate of drug-likeness (QED) is 0.838. The molecular formula is C15H18N2O3. The molecule has 1 heterocycles. The van der Waals surface area contributed by atoms with Crippen LogP contribution in [-0.2, 0) is 0 Å². The Balaban J connectivity index is 1.81. The SMILES string of the molecule is CCC1CCC(c2noc(-c3ccc(O)c(O)c3)n2)C1. The molecule has 2 unspecified atom stereocenters. The normalized spacial score (nSPS) is 22.2. The van der Waals surface area contributed by atoms with Gasteiger partial charge in [-0.2, -0.15) is 4.98 Å². The highest BCUT2D eigenvalue weighted by Crippen LogP contribution is 2.39. The van der Waals surface area contributed by atoms with Gasteiger partial charge in [-0.05, 0) is 43.4 Å². The Hall–Kier alpha value is -2.04. The van der Waals surface area contributed by atoms with Crippen molar-refractivity contribution in [2.24, 2.45) is 5.92 Å². The van der Waals surface area contributed by atoms with Gasteiger partial charge in [0.05, 0.1) is 0 Å². The Labute approximate surface area is 117 Å². The van der Waals surface area contributed by atoms with Crippen LogP contribution in [0.25, 0.3) is 11.5 Å². The van der Waals surface area contributed by atoms with Gasteiger partial charge < -0.3 is 14.7 Å². The molecule has 1 aromatic heterocycles. The zero-order valence-corrected chi connectivity index (χ0v) is 11.4. The van der Waals surface area contributed by atoms with Gasteiger partial charge in [-0.3, -0.25) is 0 Å². The molecule has 0 saturated heterocycles. The van der Waals surface area contributed by atoms with Crippen LogP contribution in [-0.4, -0.2) is 20.4 Å². The van der Waals surface area contributed by atoms with Crippen LogP contribution in [0.2, 0.25) is 0 Å². The summed E-state index contributed by atoms with van der Waals surface area (Å²) in [5.74, 6) is 1.94. The molecule has 1 fully saturated rings. The molecule has 0 amide bonds. The van der Waals surface area contributed by atoms with Crippen molar-refractivity contribution in [2.75, 3.05) is 0 Å². The minimum atomic E-state index is -0.186. The number of hydrogen-bond acceptors (Lipinski definition) is 5. The Morgan fingerprint density at radius 1 is 1.25 bits per heavy atom. The Kier molecular flexibility index (Phi) is 3.34. The van der Waals surface area contributed by atoms with Crippen LogP contribution in [0.15, 0.2) is 22.7 Å². The highest BCUT2D eigenvalue weighted by Gasteiger charge is 2.28. The largest absolute Gasteiger partial charge is 0.504 e. The first kappa shape index (κ1) is 13.0. The minimum Gasteiger partial charge on any atom is -0.504 e. The highest BCUT2D eigenvalue weighted by molar-refractivity contribution is 5.58. The summed E-state index contributed by atoms with van der Waals surface area (Å²) in [6.07, 6.45) is 4.66. The second kappa shape index (κ2) is 5.15. The number of phenols is 2. The van der Waals surface area contributed by atoms with Crippen LogP contribution >= 0.6 is 0 Å². The van der Waals surface area contributed by atoms with Gasteiger partial charge >= 0.3 is 0 Å². The molecule has 5 nitrogen and oxygen atoms in total. The molecule has 0 bridgehead atoms. The summed E-state index contributed by atoms with van der Waals surface area (Å²) in [5.41, 5.74) is 0.615. The van der Waals surface area contributed by atoms with Gasteiger partial charge in [0.25, 0.3) is 5.89 Å². The zero-order valence-electron chi connectivity index (χ0n) is 11.4. The van der Waals surface area contributed by atoms with Gasteiger partial charge in [0, 0.05) is 11.5 Å². The molecule has 1 aliphatic carbocycles. The molecular weight excluding hydrogens is 256 g/mol. The second-order valence-electron chi connectivity index (χ2n) is 5.45. The van der Waals surface area contributed by atoms with E-state index in [4.69, 9.17) is 4.52 Å². The Morgan fingerprint density at radius 3 is 2.80 bits per heavy atom. The van der Waals surface area contributed by atoms with Crippen molar-refractivity contribution >= 4 is 0 Å². The lowest BCUT2D eigenvalue weighted by molar-refractivity contribution is 0.401. The second-order valence-corrected chi connectivity index (χ2v) is 5.45. The average Bonchev–Trinajstić information content (AvgIpc) is 3.09. The predicted molar refractivity (Wildman–Crippen MR) is 73.4 cm³/mol. The first-order valence-corrected chi connectivity index (χ1v) is 7.03. The summed E-state index contributed by atoms with van der Waals surface area (Å²) < 4.78 is 5.27. The third kappa shape index (κ3) is 2.35. The van der Waals surface area contributed by atoms with Crippen molar-refractivity contribution < 1.29 is 14.7 Å². The molecule has 2 atom stereocenters. The lowest BCUT2D eigenvalue weighted by Gasteiger charge is -2.04. The average molecular weight is 274 g/mol. The molecule has 0 radical (unpaired) electrons. The zero-order chi connectivity index (χ0) is 14.1. The van der Waals surface area contributed by atoms with E-state index in [0.29, 0.717) is 17.4 Å². The molecule has 5 heteroatoms. The summed E-state index contributed by atoms with van der Waals surface area (Å²) in [6, 6.07) is 4.49. The standard InChI is InChI=1S/C15H18N2O3/c1-2-9-3-4-10(7-9)14-16-15(20-17-14)11-5-6-12(18)13(19)8-11/h5-6,8-10,18-19H,2-4,7H2,1H3. The topological polar surface area (TPSA) is 79.4 Å². The molecule has 106 valence electrons. The molecule has 1 aliphatic rings. The van der Waals surface area contributed by atoms with E-state index in [-0.39, 0.29) is 11.5 Å². The third-order valence-electron chi connectivity index (χ3n) is 4.15. The van der Waals surface area contributed by atoms with E-state index in [1.807, 2.05) is 0 Å². The maximum Gasteiger partial charge on any atom is 0.258 e. The van der Waals surface area contributed by atoms with Crippen molar-refractivity contribution in [2.45, 2.75) is 38.5 Å². The van der Waals surface area contributed by atoms with Gasteiger partial charge in [0.15, 0.2) is 17.3 Å². The highest BCUT2D eigenvalue weighted by atomic mass is 16.5. The van der Waals surface area contributed by atoms with Crippen LogP contribution in [0.3, 0.4) is 0 Å². The molecule has 0 spiro atoms. The fraction of sp³-hybridized carbons (Fsp3) is 0.467. The smallest absolute Gasteiger partial charge is 0.258 e. The van der Waals surface area contributed by atoms with Crippen LogP contribution in [0.5, 0.6) is 11.5 Å². The van der Waals surface area contributed by atoms with Crippen LogP contribution in [0, 0.1) is 5.92 Å². The van der Waals surface area contributed by atoms with Gasteiger partial charge in [0.2, 0.25) is 0 Å². The van der Waals surface area contributed by atoms with Crippen LogP contribution in [0.1, 0.15) is 44.3 Å². The van der Waals surface area contributed by atoms with Gasteiger partial charge in [-0.25, -0.2) is 0 Å². The molecule has 1 aromatic carbocycles. The summed E-state index contributed by atoms with van der Waals surface area (Å²) in [7, 11) is 0. The summed E-state index contributed by atoms with van der Waals surface area (Å²) >= 11 is 0. The molecule has 20 heavy (non-hydrogen) atoms. The van der Waals surface area contributed by atoms with E-state index >= 15 is 0 Å². The van der Waals surface area contributed by atoms with E-state index in [9.17, 15) is 10.2 Å². The van der Waals surface area contributed by atoms with E-state index in [1.54, 1.807) is 6.07 Å². The maximum atomic E-state index is 9.51. The molecule has 3 rings (SSSR count). The lowest BCUT2D eigenvalue weighted by Crippen LogP contribution is -1.97. The van der Waals surface area contributed by atoms with Crippen molar-refractivity contribution in [3.63, 3.8) is 0 Å². The summed E-state index contributed by atoms with van der Waals surface area (Å²) in [6.45, 7) is 2.22. The van der Waals surface area contributed by atoms with Crippen LogP contribution in [0.4, 0.5) is 0 Å². The fourth-order valence-corrected chi connectivity index (χ4v) is 2.85. The van der Waals surface area contributed by atoms with Crippen molar-refractivity contribution in [3.05, 3.63) is 24.0 Å². The first-order chi connectivity index (χ1) is 9.67. The van der Waals surface area contributed by atoms with E-state index < -0.39 is 0 Å². The number of phenolic OH excluding ortho intramolecular Hbond substituents is 2.